The molecule has 2 N–H and O–H groups in total. The smallest absolute Gasteiger partial charge is 0.416 e. The summed E-state index contributed by atoms with van der Waals surface area (Å²) in [4.78, 5) is 49.9. The number of aromatic nitrogens is 5. The Morgan fingerprint density at radius 3 is 2.37 bits per heavy atom. The summed E-state index contributed by atoms with van der Waals surface area (Å²) in [6.45, 7) is 7.74. The molecule has 0 aliphatic rings. The number of carbonyl (C=O) groups is 2. The lowest BCUT2D eigenvalue weighted by Gasteiger charge is -2.26. The molecular formula is C32H38F3N7O4. The van der Waals surface area contributed by atoms with Crippen LogP contribution in [0.3, 0.4) is 0 Å². The van der Waals surface area contributed by atoms with E-state index in [1.54, 1.807) is 25.1 Å². The number of aliphatic carboxylic acids is 1. The molecule has 3 aromatic heterocycles. The first-order chi connectivity index (χ1) is 21.6. The maximum atomic E-state index is 14.0. The van der Waals surface area contributed by atoms with Gasteiger partial charge in [-0.25, -0.2) is 4.98 Å². The zero-order valence-electron chi connectivity index (χ0n) is 26.6. The van der Waals surface area contributed by atoms with Crippen molar-refractivity contribution in [3.63, 3.8) is 0 Å². The van der Waals surface area contributed by atoms with Gasteiger partial charge in [0, 0.05) is 24.4 Å². The average Bonchev–Trinajstić information content (AvgIpc) is 3.42. The van der Waals surface area contributed by atoms with Crippen molar-refractivity contribution in [3.05, 3.63) is 81.2 Å². The van der Waals surface area contributed by atoms with Crippen LogP contribution < -0.4 is 10.9 Å². The third-order valence-electron chi connectivity index (χ3n) is 7.70. The number of pyridine rings is 1. The normalized spacial score (nSPS) is 13.4. The molecule has 0 radical (unpaired) electrons. The Bertz CT molecular complexity index is 1780. The van der Waals surface area contributed by atoms with Crippen LogP contribution in [-0.4, -0.2) is 66.7 Å². The summed E-state index contributed by atoms with van der Waals surface area (Å²) in [5.74, 6) is -1.91. The highest BCUT2D eigenvalue weighted by Crippen LogP contribution is 2.33. The van der Waals surface area contributed by atoms with Crippen LogP contribution in [0.25, 0.3) is 17.0 Å². The van der Waals surface area contributed by atoms with Crippen molar-refractivity contribution in [2.24, 2.45) is 5.92 Å². The molecule has 1 amide bonds. The third kappa shape index (κ3) is 7.79. The average molecular weight is 642 g/mol. The van der Waals surface area contributed by atoms with E-state index < -0.39 is 47.7 Å². The number of alkyl halides is 3. The second kappa shape index (κ2) is 13.8. The molecule has 0 fully saturated rings. The molecule has 0 spiro atoms. The summed E-state index contributed by atoms with van der Waals surface area (Å²) < 4.78 is 44.1. The summed E-state index contributed by atoms with van der Waals surface area (Å²) in [6.07, 6.45) is -2.86. The summed E-state index contributed by atoms with van der Waals surface area (Å²) in [7, 11) is 3.44. The molecule has 2 atom stereocenters. The highest BCUT2D eigenvalue weighted by atomic mass is 19.4. The number of aryl methyl sites for hydroxylation is 2. The van der Waals surface area contributed by atoms with Gasteiger partial charge in [0.2, 0.25) is 5.91 Å². The van der Waals surface area contributed by atoms with Gasteiger partial charge in [-0.05, 0) is 69.5 Å². The van der Waals surface area contributed by atoms with Gasteiger partial charge in [0.25, 0.3) is 11.3 Å². The van der Waals surface area contributed by atoms with Crippen LogP contribution >= 0.6 is 0 Å². The minimum absolute atomic E-state index is 0.0117. The molecule has 11 nitrogen and oxygen atoms in total. The van der Waals surface area contributed by atoms with E-state index >= 15 is 0 Å². The lowest BCUT2D eigenvalue weighted by molar-refractivity contribution is -0.139. The summed E-state index contributed by atoms with van der Waals surface area (Å²) in [5.41, 5.74) is 1.28. The topological polar surface area (TPSA) is 135 Å². The zero-order valence-corrected chi connectivity index (χ0v) is 26.6. The fraction of sp³-hybridized carbons (Fsp3) is 0.438. The second-order valence-electron chi connectivity index (χ2n) is 12.1. The molecule has 4 rings (SSSR count). The minimum Gasteiger partial charge on any atom is -0.481 e. The van der Waals surface area contributed by atoms with E-state index in [0.29, 0.717) is 11.8 Å². The van der Waals surface area contributed by atoms with Crippen molar-refractivity contribution in [1.82, 2.24) is 34.4 Å². The van der Waals surface area contributed by atoms with Gasteiger partial charge in [0.15, 0.2) is 0 Å². The van der Waals surface area contributed by atoms with Crippen molar-refractivity contribution in [1.29, 1.82) is 0 Å². The lowest BCUT2D eigenvalue weighted by atomic mass is 9.97. The van der Waals surface area contributed by atoms with Crippen LogP contribution in [0.4, 0.5) is 13.2 Å². The maximum Gasteiger partial charge on any atom is 0.416 e. The Balaban J connectivity index is 1.82. The third-order valence-corrected chi connectivity index (χ3v) is 7.70. The number of fused-ring (bicyclic) bond motifs is 1. The monoisotopic (exact) mass is 641 g/mol. The molecule has 3 heterocycles. The van der Waals surface area contributed by atoms with Crippen LogP contribution in [0, 0.1) is 19.8 Å². The van der Waals surface area contributed by atoms with Gasteiger partial charge < -0.3 is 19.9 Å². The standard InChI is InChI=1S/C32H38F3N7O4/c1-18(2)12-26(41-16-21(10-11-40(5)6)22(13-27(41)43)32(33,34)35)30(46)38-23(15-28(44)45)25-14-24(39-31-36-17-37-42(25)31)29-19(3)8-7-9-20(29)4/h7-9,13-14,16-18,23,26H,10-12,15H2,1-6H3,(H,38,46)(H,44,45)/t23-,26+/m0/s1. The Morgan fingerprint density at radius 2 is 1.78 bits per heavy atom. The lowest BCUT2D eigenvalue weighted by Crippen LogP contribution is -2.41. The van der Waals surface area contributed by atoms with Gasteiger partial charge >= 0.3 is 12.1 Å². The van der Waals surface area contributed by atoms with Crippen molar-refractivity contribution in [2.45, 2.75) is 65.2 Å². The van der Waals surface area contributed by atoms with Gasteiger partial charge in [-0.2, -0.15) is 27.8 Å². The number of halogens is 3. The van der Waals surface area contributed by atoms with Gasteiger partial charge in [-0.15, -0.1) is 0 Å². The van der Waals surface area contributed by atoms with Gasteiger partial charge in [-0.3, -0.25) is 14.4 Å². The fourth-order valence-corrected chi connectivity index (χ4v) is 5.54. The number of carboxylic acids is 1. The number of amides is 1. The number of carbonyl (C=O) groups excluding carboxylic acids is 1. The molecule has 0 unspecified atom stereocenters. The molecule has 1 aromatic carbocycles. The number of rotatable bonds is 12. The van der Waals surface area contributed by atoms with Gasteiger partial charge in [0.1, 0.15) is 12.4 Å². The fourth-order valence-electron chi connectivity index (χ4n) is 5.54. The molecule has 246 valence electrons. The number of nitrogens with zero attached hydrogens (tertiary/aromatic N) is 6. The van der Waals surface area contributed by atoms with Crippen molar-refractivity contribution >= 4 is 17.7 Å². The van der Waals surface area contributed by atoms with Crippen LogP contribution in [0.5, 0.6) is 0 Å². The predicted octanol–water partition coefficient (Wildman–Crippen LogP) is 4.61. The Labute approximate surface area is 264 Å². The molecule has 46 heavy (non-hydrogen) atoms. The first-order valence-electron chi connectivity index (χ1n) is 14.8. The number of hydrogen-bond acceptors (Lipinski definition) is 7. The number of likely N-dealkylation sites (N-methyl/N-ethyl adjacent to an activating group) is 1. The van der Waals surface area contributed by atoms with E-state index in [1.165, 1.54) is 10.8 Å². The molecule has 0 aliphatic carbocycles. The number of hydrogen-bond donors (Lipinski definition) is 2. The highest BCUT2D eigenvalue weighted by molar-refractivity contribution is 5.82. The zero-order chi connectivity index (χ0) is 33.9. The Kier molecular flexibility index (Phi) is 10.3. The Morgan fingerprint density at radius 1 is 1.11 bits per heavy atom. The largest absolute Gasteiger partial charge is 0.481 e. The number of nitrogens with one attached hydrogen (secondary N) is 1. The highest BCUT2D eigenvalue weighted by Gasteiger charge is 2.36. The van der Waals surface area contributed by atoms with Crippen LogP contribution in [-0.2, 0) is 22.2 Å². The summed E-state index contributed by atoms with van der Waals surface area (Å²) in [5, 5.41) is 16.9. The molecule has 0 bridgehead atoms. The van der Waals surface area contributed by atoms with Gasteiger partial charge in [0.05, 0.1) is 29.4 Å². The van der Waals surface area contributed by atoms with Crippen molar-refractivity contribution in [2.75, 3.05) is 20.6 Å². The van der Waals surface area contributed by atoms with E-state index in [-0.39, 0.29) is 42.3 Å². The number of benzene rings is 1. The van der Waals surface area contributed by atoms with E-state index in [9.17, 15) is 32.7 Å². The van der Waals surface area contributed by atoms with E-state index in [4.69, 9.17) is 0 Å². The molecule has 0 saturated heterocycles. The first-order valence-corrected chi connectivity index (χ1v) is 14.8. The van der Waals surface area contributed by atoms with E-state index in [1.807, 2.05) is 45.9 Å². The van der Waals surface area contributed by atoms with Crippen molar-refractivity contribution < 1.29 is 27.9 Å². The summed E-state index contributed by atoms with van der Waals surface area (Å²) >= 11 is 0. The summed E-state index contributed by atoms with van der Waals surface area (Å²) in [6, 6.07) is 5.52. The van der Waals surface area contributed by atoms with Gasteiger partial charge in [-0.1, -0.05) is 32.0 Å². The minimum atomic E-state index is -4.76. The van der Waals surface area contributed by atoms with Crippen LogP contribution in [0.2, 0.25) is 0 Å². The SMILES string of the molecule is Cc1cccc(C)c1-c1cc([C@H](CC(=O)O)NC(=O)[C@@H](CC(C)C)n2cc(CCN(C)C)c(C(F)(F)F)cc2=O)n2ncnc2n1. The second-order valence-corrected chi connectivity index (χ2v) is 12.1. The molecule has 14 heteroatoms. The molecule has 0 saturated carbocycles. The molecule has 0 aliphatic heterocycles. The number of carboxylic acid groups (broad SMARTS) is 1. The maximum absolute atomic E-state index is 14.0. The molecular weight excluding hydrogens is 603 g/mol. The molecule has 4 aromatic rings. The van der Waals surface area contributed by atoms with E-state index in [0.717, 1.165) is 27.5 Å². The first kappa shape index (κ1) is 34.3. The predicted molar refractivity (Wildman–Crippen MR) is 165 cm³/mol. The Hall–Kier alpha value is -4.59. The van der Waals surface area contributed by atoms with E-state index in [2.05, 4.69) is 20.4 Å². The van der Waals surface area contributed by atoms with Crippen LogP contribution in [0.1, 0.15) is 66.7 Å². The quantitative estimate of drug-likeness (QED) is 0.229. The van der Waals surface area contributed by atoms with Crippen molar-refractivity contribution in [3.8, 4) is 11.3 Å². The van der Waals surface area contributed by atoms with Crippen LogP contribution in [0.15, 0.2) is 47.7 Å².